The van der Waals surface area contributed by atoms with Gasteiger partial charge in [0.2, 0.25) is 0 Å². The van der Waals surface area contributed by atoms with Crippen molar-refractivity contribution in [1.29, 1.82) is 0 Å². The van der Waals surface area contributed by atoms with E-state index in [-0.39, 0.29) is 17.8 Å². The molecule has 0 aliphatic heterocycles. The fourth-order valence-electron chi connectivity index (χ4n) is 0.951. The molecular weight excluding hydrogens is 194 g/mol. The Labute approximate surface area is 78.4 Å². The van der Waals surface area contributed by atoms with Gasteiger partial charge < -0.3 is 10.8 Å². The number of carboxylic acid groups (broad SMARTS) is 1. The number of hydrogen-bond acceptors (Lipinski definition) is 3. The molecule has 1 aromatic heterocycles. The second-order valence-corrected chi connectivity index (χ2v) is 2.58. The van der Waals surface area contributed by atoms with E-state index in [2.05, 4.69) is 4.98 Å². The molecule has 0 aromatic carbocycles. The first kappa shape index (κ1) is 10.5. The molecule has 1 aromatic rings. The summed E-state index contributed by atoms with van der Waals surface area (Å²) < 4.78 is 24.5. The number of carboxylic acids is 1. The number of alkyl halides is 2. The third kappa shape index (κ3) is 2.23. The molecule has 6 heteroatoms. The molecule has 0 spiro atoms. The van der Waals surface area contributed by atoms with Gasteiger partial charge in [0.05, 0.1) is 11.3 Å². The molecule has 0 amide bonds. The van der Waals surface area contributed by atoms with Gasteiger partial charge in [-0.15, -0.1) is 0 Å². The van der Waals surface area contributed by atoms with E-state index in [1.54, 1.807) is 0 Å². The van der Waals surface area contributed by atoms with E-state index in [1.165, 1.54) is 6.07 Å². The predicted octanol–water partition coefficient (Wildman–Crippen LogP) is 1.18. The van der Waals surface area contributed by atoms with E-state index >= 15 is 0 Å². The maximum atomic E-state index is 12.2. The minimum absolute atomic E-state index is 0.0686. The lowest BCUT2D eigenvalue weighted by atomic mass is 10.2. The van der Waals surface area contributed by atoms with Crippen LogP contribution in [0.3, 0.4) is 0 Å². The van der Waals surface area contributed by atoms with E-state index in [0.29, 0.717) is 0 Å². The molecule has 0 fully saturated rings. The first-order valence-electron chi connectivity index (χ1n) is 3.77. The molecule has 4 nitrogen and oxygen atoms in total. The van der Waals surface area contributed by atoms with Crippen LogP contribution in [0.25, 0.3) is 0 Å². The molecule has 0 unspecified atom stereocenters. The Kier molecular flexibility index (Phi) is 3.08. The molecule has 0 aliphatic rings. The van der Waals surface area contributed by atoms with Crippen LogP contribution in [0, 0.1) is 0 Å². The van der Waals surface area contributed by atoms with E-state index in [4.69, 9.17) is 10.8 Å². The van der Waals surface area contributed by atoms with E-state index < -0.39 is 18.1 Å². The van der Waals surface area contributed by atoms with Gasteiger partial charge in [-0.2, -0.15) is 0 Å². The van der Waals surface area contributed by atoms with Crippen molar-refractivity contribution in [3.05, 3.63) is 29.1 Å². The largest absolute Gasteiger partial charge is 0.478 e. The first-order chi connectivity index (χ1) is 6.54. The number of pyridine rings is 1. The summed E-state index contributed by atoms with van der Waals surface area (Å²) in [6, 6.07) is 2.01. The summed E-state index contributed by atoms with van der Waals surface area (Å²) in [7, 11) is 0. The molecule has 0 aliphatic carbocycles. The van der Waals surface area contributed by atoms with Crippen LogP contribution in [0.4, 0.5) is 8.78 Å². The van der Waals surface area contributed by atoms with Gasteiger partial charge in [-0.1, -0.05) is 0 Å². The molecule has 0 atom stereocenters. The lowest BCUT2D eigenvalue weighted by molar-refractivity contribution is 0.0696. The van der Waals surface area contributed by atoms with Crippen molar-refractivity contribution < 1.29 is 18.7 Å². The van der Waals surface area contributed by atoms with E-state index in [0.717, 1.165) is 6.07 Å². The van der Waals surface area contributed by atoms with Gasteiger partial charge in [0, 0.05) is 6.54 Å². The van der Waals surface area contributed by atoms with Gasteiger partial charge in [-0.3, -0.25) is 4.98 Å². The summed E-state index contributed by atoms with van der Waals surface area (Å²) >= 11 is 0. The highest BCUT2D eigenvalue weighted by Gasteiger charge is 2.14. The molecular formula is C8H8F2N2O2. The number of halogens is 2. The molecule has 76 valence electrons. The average Bonchev–Trinajstić information content (AvgIpc) is 2.16. The lowest BCUT2D eigenvalue weighted by Gasteiger charge is -2.03. The maximum Gasteiger partial charge on any atom is 0.335 e. The SMILES string of the molecule is NCc1cc(C(=O)O)cc(C(F)F)n1. The van der Waals surface area contributed by atoms with Gasteiger partial charge in [0.25, 0.3) is 6.43 Å². The highest BCUT2D eigenvalue weighted by molar-refractivity contribution is 5.87. The Morgan fingerprint density at radius 3 is 2.64 bits per heavy atom. The van der Waals surface area contributed by atoms with Crippen LogP contribution >= 0.6 is 0 Å². The average molecular weight is 202 g/mol. The van der Waals surface area contributed by atoms with Crippen molar-refractivity contribution in [2.45, 2.75) is 13.0 Å². The van der Waals surface area contributed by atoms with Crippen molar-refractivity contribution in [2.75, 3.05) is 0 Å². The van der Waals surface area contributed by atoms with Crippen LogP contribution in [-0.4, -0.2) is 16.1 Å². The van der Waals surface area contributed by atoms with Crippen molar-refractivity contribution in [3.8, 4) is 0 Å². The molecule has 3 N–H and O–H groups in total. The summed E-state index contributed by atoms with van der Waals surface area (Å²) in [4.78, 5) is 14.0. The molecule has 0 saturated carbocycles. The van der Waals surface area contributed by atoms with Gasteiger partial charge >= 0.3 is 5.97 Å². The fourth-order valence-corrected chi connectivity index (χ4v) is 0.951. The number of nitrogens with zero attached hydrogens (tertiary/aromatic N) is 1. The van der Waals surface area contributed by atoms with Crippen molar-refractivity contribution in [3.63, 3.8) is 0 Å². The van der Waals surface area contributed by atoms with Crippen LogP contribution in [0.1, 0.15) is 28.2 Å². The smallest absolute Gasteiger partial charge is 0.335 e. The third-order valence-corrected chi connectivity index (χ3v) is 1.58. The molecule has 0 saturated heterocycles. The van der Waals surface area contributed by atoms with Gasteiger partial charge in [0.15, 0.2) is 0 Å². The highest BCUT2D eigenvalue weighted by Crippen LogP contribution is 2.18. The Hall–Kier alpha value is -1.56. The zero-order valence-electron chi connectivity index (χ0n) is 7.08. The summed E-state index contributed by atoms with van der Waals surface area (Å²) in [6.45, 7) is -0.0686. The van der Waals surface area contributed by atoms with Crippen LogP contribution in [0.2, 0.25) is 0 Å². The first-order valence-corrected chi connectivity index (χ1v) is 3.77. The summed E-state index contributed by atoms with van der Waals surface area (Å²) in [6.07, 6.45) is -2.79. The Bertz CT molecular complexity index is 355. The second-order valence-electron chi connectivity index (χ2n) is 2.58. The minimum Gasteiger partial charge on any atom is -0.478 e. The monoisotopic (exact) mass is 202 g/mol. The van der Waals surface area contributed by atoms with Crippen LogP contribution in [0.15, 0.2) is 12.1 Å². The van der Waals surface area contributed by atoms with Gasteiger partial charge in [-0.25, -0.2) is 13.6 Å². The topological polar surface area (TPSA) is 76.2 Å². The number of aromatic nitrogens is 1. The van der Waals surface area contributed by atoms with Gasteiger partial charge in [-0.05, 0) is 12.1 Å². The third-order valence-electron chi connectivity index (χ3n) is 1.58. The molecule has 1 heterocycles. The van der Waals surface area contributed by atoms with E-state index in [9.17, 15) is 13.6 Å². The Balaban J connectivity index is 3.20. The maximum absolute atomic E-state index is 12.2. The van der Waals surface area contributed by atoms with Crippen molar-refractivity contribution in [1.82, 2.24) is 4.98 Å². The van der Waals surface area contributed by atoms with Crippen molar-refractivity contribution >= 4 is 5.97 Å². The van der Waals surface area contributed by atoms with Crippen LogP contribution < -0.4 is 5.73 Å². The molecule has 14 heavy (non-hydrogen) atoms. The number of rotatable bonds is 3. The van der Waals surface area contributed by atoms with Gasteiger partial charge in [0.1, 0.15) is 5.69 Å². The lowest BCUT2D eigenvalue weighted by Crippen LogP contribution is -2.07. The summed E-state index contributed by atoms with van der Waals surface area (Å²) in [5, 5.41) is 8.60. The second kappa shape index (κ2) is 4.10. The summed E-state index contributed by atoms with van der Waals surface area (Å²) in [5.41, 5.74) is 4.54. The number of aromatic carboxylic acids is 1. The number of hydrogen-bond donors (Lipinski definition) is 2. The number of carbonyl (C=O) groups is 1. The Morgan fingerprint density at radius 2 is 2.21 bits per heavy atom. The molecule has 0 radical (unpaired) electrons. The zero-order valence-corrected chi connectivity index (χ0v) is 7.08. The fraction of sp³-hybridized carbons (Fsp3) is 0.250. The minimum atomic E-state index is -2.79. The van der Waals surface area contributed by atoms with E-state index in [1.807, 2.05) is 0 Å². The quantitative estimate of drug-likeness (QED) is 0.771. The normalized spacial score (nSPS) is 10.6. The molecule has 0 bridgehead atoms. The highest BCUT2D eigenvalue weighted by atomic mass is 19.3. The molecule has 1 rings (SSSR count). The predicted molar refractivity (Wildman–Crippen MR) is 44.0 cm³/mol. The number of nitrogens with two attached hydrogens (primary N) is 1. The van der Waals surface area contributed by atoms with Crippen LogP contribution in [-0.2, 0) is 6.54 Å². The zero-order chi connectivity index (χ0) is 10.7. The van der Waals surface area contributed by atoms with Crippen LogP contribution in [0.5, 0.6) is 0 Å². The standard InChI is InChI=1S/C8H8F2N2O2/c9-7(10)6-2-4(8(13)14)1-5(3-11)12-6/h1-2,7H,3,11H2,(H,13,14). The van der Waals surface area contributed by atoms with Crippen molar-refractivity contribution in [2.24, 2.45) is 5.73 Å². The summed E-state index contributed by atoms with van der Waals surface area (Å²) in [5.74, 6) is -1.27. The Morgan fingerprint density at radius 1 is 1.57 bits per heavy atom.